The van der Waals surface area contributed by atoms with E-state index >= 15 is 0 Å². The second kappa shape index (κ2) is 7.27. The predicted molar refractivity (Wildman–Crippen MR) is 75.6 cm³/mol. The van der Waals surface area contributed by atoms with Crippen LogP contribution in [0, 0.1) is 5.82 Å². The monoisotopic (exact) mass is 334 g/mol. The summed E-state index contributed by atoms with van der Waals surface area (Å²) in [5.74, 6) is -2.02. The molecule has 1 aromatic rings. The number of nitrogens with zero attached hydrogens (tertiary/aromatic N) is 1. The number of hydrogen-bond donors (Lipinski definition) is 1. The molecule has 1 atom stereocenters. The first-order chi connectivity index (χ1) is 10.8. The first kappa shape index (κ1) is 17.7. The number of hydrogen-bond acceptors (Lipinski definition) is 3. The number of rotatable bonds is 5. The third-order valence-corrected chi connectivity index (χ3v) is 3.75. The smallest absolute Gasteiger partial charge is 0.383 e. The number of halogens is 4. The van der Waals surface area contributed by atoms with Gasteiger partial charge in [0.05, 0.1) is 12.2 Å². The highest BCUT2D eigenvalue weighted by Gasteiger charge is 2.35. The van der Waals surface area contributed by atoms with Crippen LogP contribution in [0.25, 0.3) is 0 Å². The summed E-state index contributed by atoms with van der Waals surface area (Å²) in [6, 6.07) is 2.12. The molecular formula is C15H18F4N2O2. The zero-order chi connectivity index (χ0) is 17.0. The number of methoxy groups -OCH3 is 1. The highest BCUT2D eigenvalue weighted by molar-refractivity contribution is 5.94. The van der Waals surface area contributed by atoms with Gasteiger partial charge in [0.2, 0.25) is 0 Å². The number of alkyl halides is 3. The number of ether oxygens (including phenoxy) is 1. The molecular weight excluding hydrogens is 316 g/mol. The van der Waals surface area contributed by atoms with Crippen LogP contribution >= 0.6 is 0 Å². The number of amides is 1. The van der Waals surface area contributed by atoms with Gasteiger partial charge in [-0.1, -0.05) is 0 Å². The van der Waals surface area contributed by atoms with Gasteiger partial charge in [-0.2, -0.15) is 13.2 Å². The molecule has 0 aliphatic carbocycles. The lowest BCUT2D eigenvalue weighted by Crippen LogP contribution is -2.37. The van der Waals surface area contributed by atoms with Crippen LogP contribution in [0.15, 0.2) is 18.2 Å². The van der Waals surface area contributed by atoms with Gasteiger partial charge in [0.25, 0.3) is 5.91 Å². The Balaban J connectivity index is 1.99. The van der Waals surface area contributed by atoms with Crippen LogP contribution in [0.4, 0.5) is 17.6 Å². The first-order valence-electron chi connectivity index (χ1n) is 7.20. The second-order valence-electron chi connectivity index (χ2n) is 5.44. The molecule has 128 valence electrons. The third-order valence-electron chi connectivity index (χ3n) is 3.75. The van der Waals surface area contributed by atoms with Gasteiger partial charge < -0.3 is 10.1 Å². The average Bonchev–Trinajstić information content (AvgIpc) is 2.91. The highest BCUT2D eigenvalue weighted by atomic mass is 19.4. The molecule has 1 aliphatic heterocycles. The summed E-state index contributed by atoms with van der Waals surface area (Å²) in [6.07, 6.45) is -4.12. The molecule has 1 aromatic carbocycles. The van der Waals surface area contributed by atoms with Crippen molar-refractivity contribution < 1.29 is 27.1 Å². The van der Waals surface area contributed by atoms with Crippen LogP contribution < -0.4 is 5.32 Å². The molecule has 0 aromatic heterocycles. The van der Waals surface area contributed by atoms with E-state index in [0.29, 0.717) is 31.7 Å². The number of benzene rings is 1. The van der Waals surface area contributed by atoms with E-state index in [2.05, 4.69) is 10.2 Å². The van der Waals surface area contributed by atoms with E-state index in [9.17, 15) is 22.4 Å². The lowest BCUT2D eigenvalue weighted by Gasteiger charge is -2.16. The van der Waals surface area contributed by atoms with Gasteiger partial charge in [-0.3, -0.25) is 9.69 Å². The maximum atomic E-state index is 13.2. The zero-order valence-electron chi connectivity index (χ0n) is 12.6. The molecule has 8 heteroatoms. The fraction of sp³-hybridized carbons (Fsp3) is 0.533. The van der Waals surface area contributed by atoms with Crippen LogP contribution in [0.3, 0.4) is 0 Å². The summed E-state index contributed by atoms with van der Waals surface area (Å²) in [6.45, 7) is 2.71. The summed E-state index contributed by atoms with van der Waals surface area (Å²) in [7, 11) is 1.60. The minimum absolute atomic E-state index is 0.140. The van der Waals surface area contributed by atoms with E-state index in [1.165, 1.54) is 0 Å². The van der Waals surface area contributed by atoms with Crippen molar-refractivity contribution in [2.75, 3.05) is 33.4 Å². The lowest BCUT2D eigenvalue weighted by molar-refractivity contribution is -0.140. The van der Waals surface area contributed by atoms with Gasteiger partial charge in [-0.25, -0.2) is 4.39 Å². The Morgan fingerprint density at radius 1 is 1.43 bits per heavy atom. The molecule has 2 rings (SSSR count). The molecule has 0 spiro atoms. The fourth-order valence-electron chi connectivity index (χ4n) is 2.53. The van der Waals surface area contributed by atoms with E-state index in [4.69, 9.17) is 4.74 Å². The number of carbonyl (C=O) groups excluding carboxylic acids is 1. The first-order valence-corrected chi connectivity index (χ1v) is 7.20. The van der Waals surface area contributed by atoms with Gasteiger partial charge in [0, 0.05) is 38.3 Å². The average molecular weight is 334 g/mol. The van der Waals surface area contributed by atoms with E-state index in [1.54, 1.807) is 7.11 Å². The Kier molecular flexibility index (Phi) is 5.59. The molecule has 1 heterocycles. The minimum Gasteiger partial charge on any atom is -0.383 e. The summed E-state index contributed by atoms with van der Waals surface area (Å²) < 4.78 is 56.2. The van der Waals surface area contributed by atoms with Gasteiger partial charge in [0.1, 0.15) is 5.82 Å². The Morgan fingerprint density at radius 2 is 2.17 bits per heavy atom. The van der Waals surface area contributed by atoms with Crippen molar-refractivity contribution in [2.45, 2.75) is 18.6 Å². The Bertz CT molecular complexity index is 563. The molecule has 0 saturated carbocycles. The van der Waals surface area contributed by atoms with Crippen LogP contribution in [-0.4, -0.2) is 50.2 Å². The third kappa shape index (κ3) is 4.65. The Hall–Kier alpha value is -1.67. The maximum Gasteiger partial charge on any atom is 0.419 e. The van der Waals surface area contributed by atoms with Crippen molar-refractivity contribution >= 4 is 5.91 Å². The lowest BCUT2D eigenvalue weighted by atomic mass is 10.1. The summed E-state index contributed by atoms with van der Waals surface area (Å²) in [4.78, 5) is 14.2. The second-order valence-corrected chi connectivity index (χ2v) is 5.44. The number of likely N-dealkylation sites (tertiary alicyclic amines) is 1. The van der Waals surface area contributed by atoms with Gasteiger partial charge in [0.15, 0.2) is 0 Å². The van der Waals surface area contributed by atoms with Crippen molar-refractivity contribution in [3.05, 3.63) is 35.1 Å². The van der Waals surface area contributed by atoms with Crippen molar-refractivity contribution in [1.82, 2.24) is 10.2 Å². The minimum atomic E-state index is -4.83. The van der Waals surface area contributed by atoms with Crippen molar-refractivity contribution in [3.8, 4) is 0 Å². The zero-order valence-corrected chi connectivity index (χ0v) is 12.6. The molecule has 1 fully saturated rings. The Labute approximate surface area is 131 Å². The molecule has 1 aliphatic rings. The van der Waals surface area contributed by atoms with Crippen molar-refractivity contribution in [2.24, 2.45) is 0 Å². The largest absolute Gasteiger partial charge is 0.419 e. The Morgan fingerprint density at radius 3 is 2.83 bits per heavy atom. The SMILES string of the molecule is COCCN1CC[C@H](NC(=O)c2ccc(F)c(C(F)(F)F)c2)C1. The van der Waals surface area contributed by atoms with Gasteiger partial charge >= 0.3 is 6.18 Å². The molecule has 1 amide bonds. The van der Waals surface area contributed by atoms with Crippen LogP contribution in [0.1, 0.15) is 22.3 Å². The molecule has 1 N–H and O–H groups in total. The van der Waals surface area contributed by atoms with Gasteiger partial charge in [-0.05, 0) is 24.6 Å². The summed E-state index contributed by atoms with van der Waals surface area (Å²) in [5, 5.41) is 2.69. The van der Waals surface area contributed by atoms with Crippen molar-refractivity contribution in [1.29, 1.82) is 0 Å². The normalized spacial score (nSPS) is 19.1. The summed E-state index contributed by atoms with van der Waals surface area (Å²) in [5.41, 5.74) is -1.63. The van der Waals surface area contributed by atoms with Crippen LogP contribution in [0.5, 0.6) is 0 Å². The van der Waals surface area contributed by atoms with Crippen molar-refractivity contribution in [3.63, 3.8) is 0 Å². The fourth-order valence-corrected chi connectivity index (χ4v) is 2.53. The standard InChI is InChI=1S/C15H18F4N2O2/c1-23-7-6-21-5-4-11(9-21)20-14(22)10-2-3-13(16)12(8-10)15(17,18)19/h2-3,8,11H,4-7,9H2,1H3,(H,20,22)/t11-/m0/s1. The van der Waals surface area contributed by atoms with E-state index in [-0.39, 0.29) is 11.6 Å². The molecule has 1 saturated heterocycles. The van der Waals surface area contributed by atoms with Crippen LogP contribution in [-0.2, 0) is 10.9 Å². The molecule has 0 radical (unpaired) electrons. The maximum absolute atomic E-state index is 13.2. The van der Waals surface area contributed by atoms with E-state index in [1.807, 2.05) is 0 Å². The molecule has 0 unspecified atom stereocenters. The molecule has 0 bridgehead atoms. The molecule has 4 nitrogen and oxygen atoms in total. The van der Waals surface area contributed by atoms with E-state index in [0.717, 1.165) is 19.2 Å². The van der Waals surface area contributed by atoms with Gasteiger partial charge in [-0.15, -0.1) is 0 Å². The predicted octanol–water partition coefficient (Wildman–Crippen LogP) is 2.29. The molecule has 23 heavy (non-hydrogen) atoms. The number of nitrogens with one attached hydrogen (secondary N) is 1. The number of carbonyl (C=O) groups is 1. The highest BCUT2D eigenvalue weighted by Crippen LogP contribution is 2.31. The summed E-state index contributed by atoms with van der Waals surface area (Å²) >= 11 is 0. The van der Waals surface area contributed by atoms with E-state index < -0.39 is 23.5 Å². The quantitative estimate of drug-likeness (QED) is 0.840. The van der Waals surface area contributed by atoms with Crippen LogP contribution in [0.2, 0.25) is 0 Å². The topological polar surface area (TPSA) is 41.6 Å².